The van der Waals surface area contributed by atoms with Crippen LogP contribution in [0.1, 0.15) is 28.9 Å². The molecule has 1 saturated carbocycles. The van der Waals surface area contributed by atoms with Crippen molar-refractivity contribution in [1.29, 1.82) is 5.41 Å². The monoisotopic (exact) mass is 471 g/mol. The van der Waals surface area contributed by atoms with Crippen molar-refractivity contribution in [2.45, 2.75) is 29.6 Å². The van der Waals surface area contributed by atoms with Gasteiger partial charge in [-0.3, -0.25) is 10.2 Å². The van der Waals surface area contributed by atoms with E-state index in [-0.39, 0.29) is 11.4 Å². The molecule has 2 aliphatic rings. The van der Waals surface area contributed by atoms with E-state index in [2.05, 4.69) is 15.6 Å². The molecule has 1 aromatic heterocycles. The molecule has 2 atom stereocenters. The Morgan fingerprint density at radius 1 is 1.28 bits per heavy atom. The molecule has 3 N–H and O–H groups in total. The molecule has 8 nitrogen and oxygen atoms in total. The molecule has 1 aromatic carbocycles. The van der Waals surface area contributed by atoms with Crippen molar-refractivity contribution in [2.75, 3.05) is 12.4 Å². The lowest BCUT2D eigenvalue weighted by molar-refractivity contribution is 0.00159. The van der Waals surface area contributed by atoms with E-state index in [9.17, 15) is 30.8 Å². The largest absolute Gasteiger partial charge is 0.344 e. The molecule has 13 heteroatoms. The molecule has 4 rings (SSSR count). The Balaban J connectivity index is 1.77. The van der Waals surface area contributed by atoms with Gasteiger partial charge < -0.3 is 10.6 Å². The third-order valence-corrected chi connectivity index (χ3v) is 7.87. The molecule has 0 radical (unpaired) electrons. The number of carbonyl (C=O) groups is 1. The molecule has 2 fully saturated rings. The number of anilines is 1. The quantitative estimate of drug-likeness (QED) is 0.595. The summed E-state index contributed by atoms with van der Waals surface area (Å²) in [6.07, 6.45) is -1.29. The fraction of sp³-hybridized carbons (Fsp3) is 0.316. The van der Waals surface area contributed by atoms with Crippen molar-refractivity contribution in [3.63, 3.8) is 0 Å². The smallest absolute Gasteiger partial charge is 0.274 e. The van der Waals surface area contributed by atoms with Gasteiger partial charge in [-0.2, -0.15) is 0 Å². The first-order chi connectivity index (χ1) is 14.9. The fourth-order valence-corrected chi connectivity index (χ4v) is 6.03. The first-order valence-electron chi connectivity index (χ1n) is 9.31. The van der Waals surface area contributed by atoms with Crippen LogP contribution in [0, 0.1) is 17.0 Å². The highest BCUT2D eigenvalue weighted by Gasteiger charge is 2.66. The van der Waals surface area contributed by atoms with Crippen molar-refractivity contribution < 1.29 is 30.8 Å². The highest BCUT2D eigenvalue weighted by atomic mass is 32.2. The van der Waals surface area contributed by atoms with Crippen molar-refractivity contribution in [1.82, 2.24) is 14.6 Å². The number of hydrogen-bond acceptors (Lipinski definition) is 5. The third-order valence-electron chi connectivity index (χ3n) is 5.63. The molecular formula is C19H17F4N5O3S. The van der Waals surface area contributed by atoms with E-state index in [1.54, 1.807) is 0 Å². The molecule has 1 amide bonds. The van der Waals surface area contributed by atoms with E-state index in [1.165, 1.54) is 0 Å². The van der Waals surface area contributed by atoms with Crippen LogP contribution >= 0.6 is 0 Å². The van der Waals surface area contributed by atoms with Crippen LogP contribution < -0.4 is 10.6 Å². The maximum absolute atomic E-state index is 14.9. The maximum Gasteiger partial charge on any atom is 0.274 e. The Hall–Kier alpha value is -3.22. The number of benzene rings is 1. The summed E-state index contributed by atoms with van der Waals surface area (Å²) in [4.78, 5) is 16.0. The highest BCUT2D eigenvalue weighted by Crippen LogP contribution is 2.53. The van der Waals surface area contributed by atoms with Gasteiger partial charge in [-0.25, -0.2) is 35.3 Å². The number of nitrogens with one attached hydrogen (secondary N) is 3. The topological polar surface area (TPSA) is 115 Å². The Bertz CT molecular complexity index is 1220. The number of hydrogen-bond donors (Lipinski definition) is 3. The van der Waals surface area contributed by atoms with Crippen molar-refractivity contribution >= 4 is 27.6 Å². The van der Waals surface area contributed by atoms with E-state index in [0.29, 0.717) is 4.31 Å². The fourth-order valence-electron chi connectivity index (χ4n) is 4.12. The minimum absolute atomic E-state index is 0.0227. The predicted octanol–water partition coefficient (Wildman–Crippen LogP) is 2.40. The summed E-state index contributed by atoms with van der Waals surface area (Å²) in [5.41, 5.74) is -2.72. The van der Waals surface area contributed by atoms with Crippen LogP contribution in [-0.2, 0) is 15.6 Å². The number of carbonyl (C=O) groups excluding carboxylic acids is 1. The number of aromatic nitrogens is 1. The molecular weight excluding hydrogens is 454 g/mol. The number of fused-ring (bicyclic) bond motifs is 1. The second kappa shape index (κ2) is 7.15. The van der Waals surface area contributed by atoms with Gasteiger partial charge in [0.25, 0.3) is 11.8 Å². The first-order valence-corrected chi connectivity index (χ1v) is 10.8. The average molecular weight is 471 g/mol. The minimum atomic E-state index is -4.40. The number of halogens is 4. The standard InChI is InChI=1S/C19H17F4N5O3S/c1-28-17(24)27-19(9-18(22,23)7-15(19)32(28,30)31)12-6-11(3-4-13(12)21)26-16(29)14-5-2-10(20)8-25-14/h2-6,8,15H,7,9H2,1H3,(H2,24,27)(H,26,29)/t15?,19-/m0/s1. The van der Waals surface area contributed by atoms with Gasteiger partial charge in [0.05, 0.1) is 11.7 Å². The molecule has 1 unspecified atom stereocenters. The number of pyridine rings is 1. The van der Waals surface area contributed by atoms with Crippen LogP contribution in [0.2, 0.25) is 0 Å². The van der Waals surface area contributed by atoms with Gasteiger partial charge in [0.2, 0.25) is 16.0 Å². The Labute approximate surface area is 180 Å². The van der Waals surface area contributed by atoms with Gasteiger partial charge in [0.1, 0.15) is 22.6 Å². The van der Waals surface area contributed by atoms with Gasteiger partial charge >= 0.3 is 0 Å². The molecule has 2 heterocycles. The molecule has 1 aliphatic carbocycles. The molecule has 2 aromatic rings. The summed E-state index contributed by atoms with van der Waals surface area (Å²) >= 11 is 0. The summed E-state index contributed by atoms with van der Waals surface area (Å²) in [5, 5.41) is 11.1. The van der Waals surface area contributed by atoms with Gasteiger partial charge in [-0.1, -0.05) is 0 Å². The summed E-state index contributed by atoms with van der Waals surface area (Å²) in [6, 6.07) is 5.25. The van der Waals surface area contributed by atoms with E-state index in [4.69, 9.17) is 5.41 Å². The molecule has 32 heavy (non-hydrogen) atoms. The summed E-state index contributed by atoms with van der Waals surface area (Å²) in [6.45, 7) is 0. The minimum Gasteiger partial charge on any atom is -0.344 e. The van der Waals surface area contributed by atoms with Gasteiger partial charge in [0, 0.05) is 31.1 Å². The zero-order valence-corrected chi connectivity index (χ0v) is 17.3. The van der Waals surface area contributed by atoms with Crippen molar-refractivity contribution in [3.05, 3.63) is 59.4 Å². The average Bonchev–Trinajstić information content (AvgIpc) is 3.00. The van der Waals surface area contributed by atoms with E-state index in [1.807, 2.05) is 0 Å². The molecule has 0 spiro atoms. The van der Waals surface area contributed by atoms with Crippen LogP contribution in [0.4, 0.5) is 23.2 Å². The van der Waals surface area contributed by atoms with Crippen molar-refractivity contribution in [3.8, 4) is 0 Å². The first kappa shape index (κ1) is 22.0. The lowest BCUT2D eigenvalue weighted by atomic mass is 9.86. The number of rotatable bonds is 3. The summed E-state index contributed by atoms with van der Waals surface area (Å²) in [5.74, 6) is -6.53. The Kier molecular flexibility index (Phi) is 4.91. The number of guanidine groups is 1. The zero-order valence-electron chi connectivity index (χ0n) is 16.5. The molecule has 170 valence electrons. The molecule has 1 aliphatic heterocycles. The Morgan fingerprint density at radius 2 is 2.00 bits per heavy atom. The maximum atomic E-state index is 14.9. The Morgan fingerprint density at radius 3 is 2.66 bits per heavy atom. The van der Waals surface area contributed by atoms with E-state index < -0.39 is 68.6 Å². The number of nitrogens with zero attached hydrogens (tertiary/aromatic N) is 2. The van der Waals surface area contributed by atoms with Gasteiger partial charge in [-0.05, 0) is 30.3 Å². The third kappa shape index (κ3) is 3.45. The van der Waals surface area contributed by atoms with Crippen LogP contribution in [0.5, 0.6) is 0 Å². The SMILES string of the molecule is CN1C(=N)N[C@]2(c3cc(NC(=O)c4ccc(F)cn4)ccc3F)CC(F)(F)CC2S1(=O)=O. The van der Waals surface area contributed by atoms with Crippen LogP contribution in [0.15, 0.2) is 36.5 Å². The zero-order chi connectivity index (χ0) is 23.5. The normalized spacial score (nSPS) is 25.7. The van der Waals surface area contributed by atoms with Crippen LogP contribution in [-0.4, -0.2) is 47.8 Å². The lowest BCUT2D eigenvalue weighted by Gasteiger charge is -2.44. The second-order valence-electron chi connectivity index (χ2n) is 7.69. The molecule has 0 bridgehead atoms. The van der Waals surface area contributed by atoms with Gasteiger partial charge in [0.15, 0.2) is 0 Å². The summed E-state index contributed by atoms with van der Waals surface area (Å²) in [7, 11) is -3.35. The number of alkyl halides is 2. The van der Waals surface area contributed by atoms with E-state index in [0.717, 1.165) is 43.6 Å². The highest BCUT2D eigenvalue weighted by molar-refractivity contribution is 7.90. The van der Waals surface area contributed by atoms with Crippen LogP contribution in [0.25, 0.3) is 0 Å². The predicted molar refractivity (Wildman–Crippen MR) is 106 cm³/mol. The summed E-state index contributed by atoms with van der Waals surface area (Å²) < 4.78 is 83.0. The van der Waals surface area contributed by atoms with Crippen molar-refractivity contribution in [2.24, 2.45) is 0 Å². The number of sulfonamides is 1. The molecule has 1 saturated heterocycles. The second-order valence-corrected chi connectivity index (χ2v) is 9.84. The lowest BCUT2D eigenvalue weighted by Crippen LogP contribution is -2.65. The number of amides is 1. The van der Waals surface area contributed by atoms with Gasteiger partial charge in [-0.15, -0.1) is 0 Å². The van der Waals surface area contributed by atoms with E-state index >= 15 is 0 Å². The van der Waals surface area contributed by atoms with Crippen LogP contribution in [0.3, 0.4) is 0 Å².